The molecule has 0 unspecified atom stereocenters. The Hall–Kier alpha value is -3.02. The second-order valence-corrected chi connectivity index (χ2v) is 10.9. The summed E-state index contributed by atoms with van der Waals surface area (Å²) in [7, 11) is 0. The third kappa shape index (κ3) is 8.24. The summed E-state index contributed by atoms with van der Waals surface area (Å²) in [5.74, 6) is 0.568. The molecule has 3 aromatic carbocycles. The van der Waals surface area contributed by atoms with E-state index in [1.807, 2.05) is 68.4 Å². The third-order valence-electron chi connectivity index (χ3n) is 6.24. The lowest BCUT2D eigenvalue weighted by Crippen LogP contribution is -2.52. The topological polar surface area (TPSA) is 58.6 Å². The van der Waals surface area contributed by atoms with Gasteiger partial charge in [0.2, 0.25) is 5.91 Å². The van der Waals surface area contributed by atoms with Crippen molar-refractivity contribution in [2.24, 2.45) is 5.92 Å². The first-order valence-corrected chi connectivity index (χ1v) is 13.7. The molecule has 0 spiro atoms. The van der Waals surface area contributed by atoms with Crippen LogP contribution in [-0.4, -0.2) is 35.9 Å². The van der Waals surface area contributed by atoms with Gasteiger partial charge in [-0.2, -0.15) is 0 Å². The van der Waals surface area contributed by atoms with Crippen LogP contribution in [0.3, 0.4) is 0 Å². The van der Waals surface area contributed by atoms with Gasteiger partial charge in [-0.05, 0) is 41.2 Å². The second-order valence-electron chi connectivity index (χ2n) is 10.0. The van der Waals surface area contributed by atoms with Gasteiger partial charge in [0, 0.05) is 35.1 Å². The standard InChI is InChI=1S/C31H36Cl2N2O3/c1-21(2)18-34-31(37)28(17-23-11-6-5-7-12-23)35(19-25-26(32)14-10-15-27(25)33)30(36)20-38-29-16-9-8-13-24(29)22(3)4/h5-16,21-22,28H,17-20H2,1-4H3,(H,34,37)/t28-/m1/s1. The van der Waals surface area contributed by atoms with Crippen molar-refractivity contribution in [1.82, 2.24) is 10.2 Å². The summed E-state index contributed by atoms with van der Waals surface area (Å²) < 4.78 is 6.03. The van der Waals surface area contributed by atoms with E-state index in [1.165, 1.54) is 4.90 Å². The van der Waals surface area contributed by atoms with Gasteiger partial charge in [-0.1, -0.05) is 105 Å². The molecule has 0 radical (unpaired) electrons. The predicted molar refractivity (Wildman–Crippen MR) is 155 cm³/mol. The Labute approximate surface area is 236 Å². The molecule has 38 heavy (non-hydrogen) atoms. The van der Waals surface area contributed by atoms with Crippen molar-refractivity contribution in [3.8, 4) is 5.75 Å². The highest BCUT2D eigenvalue weighted by Gasteiger charge is 2.32. The molecule has 0 saturated heterocycles. The second kappa shape index (κ2) is 14.2. The maximum Gasteiger partial charge on any atom is 0.261 e. The molecule has 1 N–H and O–H groups in total. The summed E-state index contributed by atoms with van der Waals surface area (Å²) in [6.07, 6.45) is 0.334. The summed E-state index contributed by atoms with van der Waals surface area (Å²) in [6, 6.07) is 21.7. The molecule has 2 amide bonds. The number of ether oxygens (including phenoxy) is 1. The van der Waals surface area contributed by atoms with E-state index in [2.05, 4.69) is 19.2 Å². The SMILES string of the molecule is CC(C)CNC(=O)[C@@H](Cc1ccccc1)N(Cc1c(Cl)cccc1Cl)C(=O)COc1ccccc1C(C)C. The van der Waals surface area contributed by atoms with Gasteiger partial charge < -0.3 is 15.0 Å². The molecule has 0 aliphatic rings. The van der Waals surface area contributed by atoms with E-state index in [-0.39, 0.29) is 36.8 Å². The first-order valence-electron chi connectivity index (χ1n) is 12.9. The molecule has 0 heterocycles. The Morgan fingerprint density at radius 1 is 0.868 bits per heavy atom. The number of carbonyl (C=O) groups is 2. The van der Waals surface area contributed by atoms with E-state index >= 15 is 0 Å². The molecule has 3 aromatic rings. The van der Waals surface area contributed by atoms with Gasteiger partial charge in [-0.3, -0.25) is 9.59 Å². The van der Waals surface area contributed by atoms with Crippen LogP contribution in [0, 0.1) is 5.92 Å². The van der Waals surface area contributed by atoms with Crippen LogP contribution < -0.4 is 10.1 Å². The van der Waals surface area contributed by atoms with E-state index in [9.17, 15) is 9.59 Å². The molecular weight excluding hydrogens is 519 g/mol. The van der Waals surface area contributed by atoms with Crippen molar-refractivity contribution in [3.63, 3.8) is 0 Å². The van der Waals surface area contributed by atoms with Crippen molar-refractivity contribution in [2.45, 2.75) is 52.6 Å². The first-order chi connectivity index (χ1) is 18.2. The van der Waals surface area contributed by atoms with E-state index in [0.29, 0.717) is 34.3 Å². The quantitative estimate of drug-likeness (QED) is 0.264. The van der Waals surface area contributed by atoms with Crippen LogP contribution in [0.25, 0.3) is 0 Å². The van der Waals surface area contributed by atoms with Crippen molar-refractivity contribution < 1.29 is 14.3 Å². The van der Waals surface area contributed by atoms with Crippen molar-refractivity contribution >= 4 is 35.0 Å². The number of amides is 2. The number of rotatable bonds is 12. The molecule has 0 fully saturated rings. The van der Waals surface area contributed by atoms with Crippen molar-refractivity contribution in [1.29, 1.82) is 0 Å². The van der Waals surface area contributed by atoms with E-state index in [1.54, 1.807) is 18.2 Å². The smallest absolute Gasteiger partial charge is 0.261 e. The van der Waals surface area contributed by atoms with Gasteiger partial charge in [-0.15, -0.1) is 0 Å². The molecule has 1 atom stereocenters. The van der Waals surface area contributed by atoms with E-state index < -0.39 is 6.04 Å². The van der Waals surface area contributed by atoms with Crippen LogP contribution in [-0.2, 0) is 22.6 Å². The largest absolute Gasteiger partial charge is 0.483 e. The molecule has 0 bridgehead atoms. The molecule has 3 rings (SSSR count). The Balaban J connectivity index is 1.97. The van der Waals surface area contributed by atoms with Crippen molar-refractivity contribution in [2.75, 3.05) is 13.2 Å². The highest BCUT2D eigenvalue weighted by Crippen LogP contribution is 2.28. The average Bonchev–Trinajstić information content (AvgIpc) is 2.90. The zero-order chi connectivity index (χ0) is 27.7. The lowest BCUT2D eigenvalue weighted by Gasteiger charge is -2.32. The lowest BCUT2D eigenvalue weighted by atomic mass is 10.0. The van der Waals surface area contributed by atoms with Gasteiger partial charge >= 0.3 is 0 Å². The van der Waals surface area contributed by atoms with Crippen LogP contribution in [0.4, 0.5) is 0 Å². The van der Waals surface area contributed by atoms with Gasteiger partial charge in [-0.25, -0.2) is 0 Å². The maximum absolute atomic E-state index is 13.8. The monoisotopic (exact) mass is 554 g/mol. The van der Waals surface area contributed by atoms with Crippen LogP contribution in [0.2, 0.25) is 10.0 Å². The minimum Gasteiger partial charge on any atom is -0.483 e. The normalized spacial score (nSPS) is 11.9. The minimum atomic E-state index is -0.792. The molecule has 5 nitrogen and oxygen atoms in total. The zero-order valence-corrected chi connectivity index (χ0v) is 23.9. The number of benzene rings is 3. The molecule has 0 aliphatic carbocycles. The predicted octanol–water partition coefficient (Wildman–Crippen LogP) is 6.91. The number of halogens is 2. The van der Waals surface area contributed by atoms with E-state index in [4.69, 9.17) is 27.9 Å². The highest BCUT2D eigenvalue weighted by molar-refractivity contribution is 6.36. The van der Waals surface area contributed by atoms with Crippen LogP contribution >= 0.6 is 23.2 Å². The molecular formula is C31H36Cl2N2O3. The third-order valence-corrected chi connectivity index (χ3v) is 6.95. The fraction of sp³-hybridized carbons (Fsp3) is 0.355. The number of nitrogens with zero attached hydrogens (tertiary/aromatic N) is 1. The molecule has 0 saturated carbocycles. The highest BCUT2D eigenvalue weighted by atomic mass is 35.5. The Kier molecular flexibility index (Phi) is 11.1. The van der Waals surface area contributed by atoms with Gasteiger partial charge in [0.15, 0.2) is 6.61 Å². The van der Waals surface area contributed by atoms with Crippen LogP contribution in [0.15, 0.2) is 72.8 Å². The Morgan fingerprint density at radius 2 is 1.50 bits per heavy atom. The van der Waals surface area contributed by atoms with E-state index in [0.717, 1.165) is 11.1 Å². The number of nitrogens with one attached hydrogen (secondary N) is 1. The number of carbonyl (C=O) groups excluding carboxylic acids is 2. The first kappa shape index (κ1) is 29.5. The van der Waals surface area contributed by atoms with Crippen molar-refractivity contribution in [3.05, 3.63) is 99.5 Å². The Bertz CT molecular complexity index is 1190. The summed E-state index contributed by atoms with van der Waals surface area (Å²) in [6.45, 7) is 8.54. The van der Waals surface area contributed by atoms with Gasteiger partial charge in [0.05, 0.1) is 0 Å². The summed E-state index contributed by atoms with van der Waals surface area (Å²) in [5.41, 5.74) is 2.53. The average molecular weight is 556 g/mol. The lowest BCUT2D eigenvalue weighted by molar-refractivity contribution is -0.142. The summed E-state index contributed by atoms with van der Waals surface area (Å²) in [4.78, 5) is 28.9. The fourth-order valence-corrected chi connectivity index (χ4v) is 4.66. The van der Waals surface area contributed by atoms with Gasteiger partial charge in [0.1, 0.15) is 11.8 Å². The zero-order valence-electron chi connectivity index (χ0n) is 22.4. The maximum atomic E-state index is 13.8. The summed E-state index contributed by atoms with van der Waals surface area (Å²) >= 11 is 13.0. The number of hydrogen-bond acceptors (Lipinski definition) is 3. The van der Waals surface area contributed by atoms with Crippen LogP contribution in [0.5, 0.6) is 5.75 Å². The molecule has 202 valence electrons. The molecule has 0 aliphatic heterocycles. The number of para-hydroxylation sites is 1. The Morgan fingerprint density at radius 3 is 2.13 bits per heavy atom. The van der Waals surface area contributed by atoms with Gasteiger partial charge in [0.25, 0.3) is 5.91 Å². The fourth-order valence-electron chi connectivity index (χ4n) is 4.14. The summed E-state index contributed by atoms with van der Waals surface area (Å²) in [5, 5.41) is 3.88. The molecule has 7 heteroatoms. The minimum absolute atomic E-state index is 0.0686. The molecule has 0 aromatic heterocycles. The van der Waals surface area contributed by atoms with Crippen LogP contribution in [0.1, 0.15) is 50.3 Å². The number of hydrogen-bond donors (Lipinski definition) is 1.